The molecule has 0 spiro atoms. The van der Waals surface area contributed by atoms with Gasteiger partial charge in [-0.05, 0) is 97.1 Å². The molecule has 4 fully saturated rings. The van der Waals surface area contributed by atoms with Crippen LogP contribution in [0.25, 0.3) is 0 Å². The van der Waals surface area contributed by atoms with Gasteiger partial charge in [-0.25, -0.2) is 0 Å². The fourth-order valence-electron chi connectivity index (χ4n) is 6.15. The summed E-state index contributed by atoms with van der Waals surface area (Å²) in [5.74, 6) is 3.92. The van der Waals surface area contributed by atoms with Gasteiger partial charge in [0.1, 0.15) is 12.4 Å². The van der Waals surface area contributed by atoms with Crippen molar-refractivity contribution in [1.29, 1.82) is 0 Å². The fourth-order valence-corrected chi connectivity index (χ4v) is 6.42. The van der Waals surface area contributed by atoms with E-state index in [2.05, 4.69) is 40.2 Å². The van der Waals surface area contributed by atoms with Gasteiger partial charge in [-0.15, -0.1) is 0 Å². The van der Waals surface area contributed by atoms with Crippen LogP contribution in [0.3, 0.4) is 0 Å². The molecule has 0 saturated heterocycles. The largest absolute Gasteiger partial charge is 0.489 e. The van der Waals surface area contributed by atoms with Crippen LogP contribution in [0.15, 0.2) is 53.0 Å². The minimum Gasteiger partial charge on any atom is -0.489 e. The summed E-state index contributed by atoms with van der Waals surface area (Å²) in [5, 5.41) is 0. The second-order valence-corrected chi connectivity index (χ2v) is 9.56. The predicted octanol–water partition coefficient (Wildman–Crippen LogP) is 6.50. The normalized spacial score (nSPS) is 32.8. The lowest BCUT2D eigenvalue weighted by molar-refractivity contribution is -0.00524. The standard InChI is InChI=1S/C23H25BrO/c24-21-4-6-22(7-5-21)25-15-16-2-1-3-20(11-16)23-12-17-8-18(13-23)10-19(9-17)14-23/h1-7,11,17-19H,8-10,12-15H2. The van der Waals surface area contributed by atoms with Crippen LogP contribution >= 0.6 is 15.9 Å². The summed E-state index contributed by atoms with van der Waals surface area (Å²) in [5.41, 5.74) is 3.36. The van der Waals surface area contributed by atoms with Gasteiger partial charge in [0.2, 0.25) is 0 Å². The van der Waals surface area contributed by atoms with E-state index in [-0.39, 0.29) is 0 Å². The van der Waals surface area contributed by atoms with E-state index in [0.29, 0.717) is 12.0 Å². The predicted molar refractivity (Wildman–Crippen MR) is 105 cm³/mol. The van der Waals surface area contributed by atoms with Gasteiger partial charge < -0.3 is 4.74 Å². The van der Waals surface area contributed by atoms with Gasteiger partial charge in [0.05, 0.1) is 0 Å². The summed E-state index contributed by atoms with van der Waals surface area (Å²) in [6.07, 6.45) is 8.80. The molecular formula is C23H25BrO. The van der Waals surface area contributed by atoms with Crippen LogP contribution in [-0.2, 0) is 12.0 Å². The molecule has 0 radical (unpaired) electrons. The Morgan fingerprint density at radius 3 is 2.16 bits per heavy atom. The number of hydrogen-bond acceptors (Lipinski definition) is 1. The summed E-state index contributed by atoms with van der Waals surface area (Å²) in [6, 6.07) is 17.4. The second kappa shape index (κ2) is 6.16. The zero-order valence-corrected chi connectivity index (χ0v) is 16.2. The van der Waals surface area contributed by atoms with E-state index in [1.54, 1.807) is 5.56 Å². The monoisotopic (exact) mass is 396 g/mol. The molecule has 4 saturated carbocycles. The van der Waals surface area contributed by atoms with Gasteiger partial charge in [0.15, 0.2) is 0 Å². The van der Waals surface area contributed by atoms with Crippen molar-refractivity contribution >= 4 is 15.9 Å². The number of halogens is 1. The van der Waals surface area contributed by atoms with Crippen LogP contribution in [-0.4, -0.2) is 0 Å². The van der Waals surface area contributed by atoms with E-state index in [0.717, 1.165) is 28.0 Å². The molecule has 1 nitrogen and oxygen atoms in total. The topological polar surface area (TPSA) is 9.23 Å². The molecule has 2 aromatic carbocycles. The highest BCUT2D eigenvalue weighted by Gasteiger charge is 2.51. The average molecular weight is 397 g/mol. The summed E-state index contributed by atoms with van der Waals surface area (Å²) >= 11 is 3.47. The molecule has 0 atom stereocenters. The third-order valence-corrected chi connectivity index (χ3v) is 7.33. The molecule has 130 valence electrons. The van der Waals surface area contributed by atoms with Crippen LogP contribution in [0.2, 0.25) is 0 Å². The van der Waals surface area contributed by atoms with Gasteiger partial charge in [-0.3, -0.25) is 0 Å². The Balaban J connectivity index is 1.35. The molecule has 0 aliphatic heterocycles. The van der Waals surface area contributed by atoms with Crippen LogP contribution in [0.1, 0.15) is 49.7 Å². The quantitative estimate of drug-likeness (QED) is 0.573. The van der Waals surface area contributed by atoms with Crippen molar-refractivity contribution in [2.45, 2.75) is 50.5 Å². The van der Waals surface area contributed by atoms with Gasteiger partial charge in [-0.2, -0.15) is 0 Å². The number of rotatable bonds is 4. The van der Waals surface area contributed by atoms with E-state index in [4.69, 9.17) is 4.74 Å². The van der Waals surface area contributed by atoms with Gasteiger partial charge in [-0.1, -0.05) is 40.2 Å². The van der Waals surface area contributed by atoms with Crippen molar-refractivity contribution in [2.75, 3.05) is 0 Å². The van der Waals surface area contributed by atoms with Crippen molar-refractivity contribution in [3.63, 3.8) is 0 Å². The first-order valence-electron chi connectivity index (χ1n) is 9.66. The Labute approximate surface area is 158 Å². The van der Waals surface area contributed by atoms with Crippen molar-refractivity contribution in [1.82, 2.24) is 0 Å². The highest BCUT2D eigenvalue weighted by Crippen LogP contribution is 2.60. The minimum absolute atomic E-state index is 0.475. The Bertz CT molecular complexity index is 729. The molecule has 2 heteroatoms. The highest BCUT2D eigenvalue weighted by molar-refractivity contribution is 9.10. The van der Waals surface area contributed by atoms with E-state index in [9.17, 15) is 0 Å². The zero-order chi connectivity index (χ0) is 16.9. The third-order valence-electron chi connectivity index (χ3n) is 6.80. The van der Waals surface area contributed by atoms with E-state index in [1.807, 2.05) is 24.3 Å². The van der Waals surface area contributed by atoms with Crippen LogP contribution in [0.4, 0.5) is 0 Å². The smallest absolute Gasteiger partial charge is 0.119 e. The Morgan fingerprint density at radius 1 is 0.880 bits per heavy atom. The summed E-state index contributed by atoms with van der Waals surface area (Å²) < 4.78 is 7.09. The van der Waals surface area contributed by atoms with Crippen molar-refractivity contribution in [3.05, 3.63) is 64.1 Å². The maximum atomic E-state index is 6.00. The van der Waals surface area contributed by atoms with Crippen LogP contribution in [0.5, 0.6) is 5.75 Å². The molecule has 2 aromatic rings. The first kappa shape index (κ1) is 15.9. The van der Waals surface area contributed by atoms with Gasteiger partial charge in [0, 0.05) is 4.47 Å². The summed E-state index contributed by atoms with van der Waals surface area (Å²) in [6.45, 7) is 0.655. The van der Waals surface area contributed by atoms with E-state index >= 15 is 0 Å². The fraction of sp³-hybridized carbons (Fsp3) is 0.478. The molecule has 0 unspecified atom stereocenters. The third kappa shape index (κ3) is 3.03. The van der Waals surface area contributed by atoms with Crippen molar-refractivity contribution in [3.8, 4) is 5.75 Å². The lowest BCUT2D eigenvalue weighted by Gasteiger charge is -2.57. The SMILES string of the molecule is Brc1ccc(OCc2cccc(C34CC5CC(CC(C5)C3)C4)c2)cc1. The molecule has 4 bridgehead atoms. The molecule has 0 amide bonds. The van der Waals surface area contributed by atoms with Gasteiger partial charge >= 0.3 is 0 Å². The van der Waals surface area contributed by atoms with Crippen LogP contribution in [0, 0.1) is 17.8 Å². The second-order valence-electron chi connectivity index (χ2n) is 8.64. The first-order chi connectivity index (χ1) is 12.2. The van der Waals surface area contributed by atoms with Crippen LogP contribution < -0.4 is 4.74 Å². The van der Waals surface area contributed by atoms with Crippen molar-refractivity contribution in [2.24, 2.45) is 17.8 Å². The molecule has 6 rings (SSSR count). The molecule has 4 aliphatic rings. The zero-order valence-electron chi connectivity index (χ0n) is 14.6. The number of ether oxygens (including phenoxy) is 1. The lowest BCUT2D eigenvalue weighted by atomic mass is 9.48. The Kier molecular flexibility index (Phi) is 3.93. The van der Waals surface area contributed by atoms with Gasteiger partial charge in [0.25, 0.3) is 0 Å². The molecule has 0 N–H and O–H groups in total. The summed E-state index contributed by atoms with van der Waals surface area (Å²) in [4.78, 5) is 0. The molecule has 25 heavy (non-hydrogen) atoms. The summed E-state index contributed by atoms with van der Waals surface area (Å²) in [7, 11) is 0. The Hall–Kier alpha value is -1.28. The lowest BCUT2D eigenvalue weighted by Crippen LogP contribution is -2.48. The molecule has 0 aromatic heterocycles. The van der Waals surface area contributed by atoms with E-state index < -0.39 is 0 Å². The maximum Gasteiger partial charge on any atom is 0.119 e. The molecular weight excluding hydrogens is 372 g/mol. The molecule has 4 aliphatic carbocycles. The maximum absolute atomic E-state index is 6.00. The average Bonchev–Trinajstić information content (AvgIpc) is 2.60. The Morgan fingerprint density at radius 2 is 1.52 bits per heavy atom. The minimum atomic E-state index is 0.475. The first-order valence-corrected chi connectivity index (χ1v) is 10.5. The van der Waals surface area contributed by atoms with E-state index in [1.165, 1.54) is 44.1 Å². The molecule has 0 heterocycles. The van der Waals surface area contributed by atoms with Crippen molar-refractivity contribution < 1.29 is 4.74 Å². The number of hydrogen-bond donors (Lipinski definition) is 0. The number of benzene rings is 2. The highest BCUT2D eigenvalue weighted by atomic mass is 79.9.